The molecule has 17 heavy (non-hydrogen) atoms. The third-order valence-corrected chi connectivity index (χ3v) is 3.84. The Morgan fingerprint density at radius 1 is 1.59 bits per heavy atom. The van der Waals surface area contributed by atoms with Crippen molar-refractivity contribution >= 4 is 17.2 Å². The summed E-state index contributed by atoms with van der Waals surface area (Å²) in [7, 11) is 0. The van der Waals surface area contributed by atoms with Gasteiger partial charge in [-0.25, -0.2) is 4.98 Å². The van der Waals surface area contributed by atoms with E-state index in [0.717, 1.165) is 18.5 Å². The van der Waals surface area contributed by atoms with Crippen molar-refractivity contribution < 1.29 is 4.79 Å². The predicted octanol–water partition coefficient (Wildman–Crippen LogP) is 1.93. The van der Waals surface area contributed by atoms with E-state index in [1.54, 1.807) is 16.8 Å². The van der Waals surface area contributed by atoms with E-state index in [0.29, 0.717) is 6.42 Å². The molecule has 2 heterocycles. The highest BCUT2D eigenvalue weighted by Gasteiger charge is 2.35. The third-order valence-electron chi connectivity index (χ3n) is 3.23. The maximum atomic E-state index is 12.2. The Hall–Kier alpha value is -0.940. The van der Waals surface area contributed by atoms with Gasteiger partial charge in [-0.15, -0.1) is 11.3 Å². The fourth-order valence-electron chi connectivity index (χ4n) is 2.48. The molecule has 94 valence electrons. The van der Waals surface area contributed by atoms with Crippen molar-refractivity contribution in [3.8, 4) is 0 Å². The Balaban J connectivity index is 2.36. The van der Waals surface area contributed by atoms with Crippen LogP contribution in [0.25, 0.3) is 0 Å². The van der Waals surface area contributed by atoms with Gasteiger partial charge in [0.1, 0.15) is 0 Å². The topological polar surface area (TPSA) is 59.2 Å². The van der Waals surface area contributed by atoms with Crippen LogP contribution in [0, 0.1) is 0 Å². The van der Waals surface area contributed by atoms with E-state index >= 15 is 0 Å². The van der Waals surface area contributed by atoms with Crippen LogP contribution >= 0.6 is 11.3 Å². The van der Waals surface area contributed by atoms with Crippen LogP contribution in [0.2, 0.25) is 0 Å². The van der Waals surface area contributed by atoms with Gasteiger partial charge in [0.25, 0.3) is 0 Å². The maximum Gasteiger partial charge on any atom is 0.223 e. The number of carbonyl (C=O) groups excluding carboxylic acids is 1. The second kappa shape index (κ2) is 5.14. The second-order valence-corrected chi connectivity index (χ2v) is 5.53. The van der Waals surface area contributed by atoms with E-state index in [-0.39, 0.29) is 24.0 Å². The Morgan fingerprint density at radius 2 is 2.35 bits per heavy atom. The summed E-state index contributed by atoms with van der Waals surface area (Å²) in [6.45, 7) is 4.07. The van der Waals surface area contributed by atoms with E-state index in [2.05, 4.69) is 4.98 Å². The molecule has 4 nitrogen and oxygen atoms in total. The van der Waals surface area contributed by atoms with E-state index in [9.17, 15) is 4.79 Å². The number of rotatable bonds is 2. The summed E-state index contributed by atoms with van der Waals surface area (Å²) in [4.78, 5) is 18.4. The van der Waals surface area contributed by atoms with Crippen molar-refractivity contribution in [1.29, 1.82) is 0 Å². The summed E-state index contributed by atoms with van der Waals surface area (Å²) in [5, 5.41) is 2.00. The summed E-state index contributed by atoms with van der Waals surface area (Å²) in [5.41, 5.74) is 8.97. The summed E-state index contributed by atoms with van der Waals surface area (Å²) in [6, 6.07) is 0.0977. The first-order valence-corrected chi connectivity index (χ1v) is 7.00. The molecule has 1 fully saturated rings. The van der Waals surface area contributed by atoms with Crippen LogP contribution in [0.5, 0.6) is 0 Å². The molecule has 0 aliphatic carbocycles. The molecule has 1 aromatic rings. The Kier molecular flexibility index (Phi) is 3.79. The van der Waals surface area contributed by atoms with Gasteiger partial charge in [-0.3, -0.25) is 4.79 Å². The Morgan fingerprint density at radius 3 is 2.94 bits per heavy atom. The molecule has 1 aromatic heterocycles. The molecule has 0 aromatic carbocycles. The van der Waals surface area contributed by atoms with Crippen molar-refractivity contribution in [2.45, 2.75) is 51.2 Å². The number of hydrogen-bond donors (Lipinski definition) is 1. The molecular formula is C12H19N3OS. The number of carbonyl (C=O) groups is 1. The molecule has 2 N–H and O–H groups in total. The number of hydrogen-bond acceptors (Lipinski definition) is 4. The van der Waals surface area contributed by atoms with Crippen LogP contribution < -0.4 is 5.73 Å². The summed E-state index contributed by atoms with van der Waals surface area (Å²) < 4.78 is 0. The first kappa shape index (κ1) is 12.5. The smallest absolute Gasteiger partial charge is 0.223 e. The predicted molar refractivity (Wildman–Crippen MR) is 68.7 cm³/mol. The molecular weight excluding hydrogens is 234 g/mol. The highest BCUT2D eigenvalue weighted by Crippen LogP contribution is 2.31. The number of thiazole rings is 1. The van der Waals surface area contributed by atoms with Crippen LogP contribution in [0.1, 0.15) is 44.8 Å². The monoisotopic (exact) mass is 253 g/mol. The Bertz CT molecular complexity index is 377. The molecule has 0 saturated carbocycles. The van der Waals surface area contributed by atoms with Crippen molar-refractivity contribution in [2.75, 3.05) is 0 Å². The lowest BCUT2D eigenvalue weighted by molar-refractivity contribution is -0.135. The Labute approximate surface area is 106 Å². The van der Waals surface area contributed by atoms with Crippen molar-refractivity contribution in [1.82, 2.24) is 9.88 Å². The van der Waals surface area contributed by atoms with Gasteiger partial charge in [0.05, 0.1) is 17.2 Å². The summed E-state index contributed by atoms with van der Waals surface area (Å²) in [5.74, 6) is 0.200. The number of nitrogens with two attached hydrogens (primary N) is 1. The van der Waals surface area contributed by atoms with Crippen LogP contribution in [-0.4, -0.2) is 27.9 Å². The summed E-state index contributed by atoms with van der Waals surface area (Å²) in [6.07, 6.45) is 2.37. The zero-order chi connectivity index (χ0) is 12.4. The highest BCUT2D eigenvalue weighted by atomic mass is 32.1. The van der Waals surface area contributed by atoms with Gasteiger partial charge in [-0.2, -0.15) is 0 Å². The number of nitrogens with zero attached hydrogens (tertiary/aromatic N) is 2. The average Bonchev–Trinajstić information content (AvgIpc) is 2.72. The minimum absolute atomic E-state index is 0.00838. The quantitative estimate of drug-likeness (QED) is 0.876. The van der Waals surface area contributed by atoms with Crippen molar-refractivity contribution in [2.24, 2.45) is 5.73 Å². The molecule has 2 rings (SSSR count). The molecule has 5 heteroatoms. The van der Waals surface area contributed by atoms with Crippen molar-refractivity contribution in [3.63, 3.8) is 0 Å². The number of aromatic nitrogens is 1. The van der Waals surface area contributed by atoms with E-state index in [4.69, 9.17) is 5.73 Å². The molecule has 1 aliphatic heterocycles. The van der Waals surface area contributed by atoms with Gasteiger partial charge in [0, 0.05) is 23.9 Å². The maximum absolute atomic E-state index is 12.2. The van der Waals surface area contributed by atoms with Gasteiger partial charge in [-0.05, 0) is 26.7 Å². The molecule has 2 atom stereocenters. The van der Waals surface area contributed by atoms with Gasteiger partial charge in [0.15, 0.2) is 0 Å². The fourth-order valence-corrected chi connectivity index (χ4v) is 3.06. The van der Waals surface area contributed by atoms with Gasteiger partial charge < -0.3 is 10.6 Å². The average molecular weight is 253 g/mol. The van der Waals surface area contributed by atoms with Gasteiger partial charge >= 0.3 is 0 Å². The first-order chi connectivity index (χ1) is 8.11. The van der Waals surface area contributed by atoms with Gasteiger partial charge in [0.2, 0.25) is 5.91 Å². The number of amides is 1. The normalized spacial score (nSPS) is 26.4. The second-order valence-electron chi connectivity index (χ2n) is 4.81. The molecule has 1 saturated heterocycles. The lowest BCUT2D eigenvalue weighted by Crippen LogP contribution is -2.45. The van der Waals surface area contributed by atoms with E-state index < -0.39 is 0 Å². The van der Waals surface area contributed by atoms with Crippen LogP contribution in [0.3, 0.4) is 0 Å². The highest BCUT2D eigenvalue weighted by molar-refractivity contribution is 7.07. The van der Waals surface area contributed by atoms with E-state index in [1.807, 2.05) is 24.1 Å². The molecule has 0 bridgehead atoms. The minimum atomic E-state index is -0.0590. The lowest BCUT2D eigenvalue weighted by atomic mass is 10.0. The fraction of sp³-hybridized carbons (Fsp3) is 0.667. The minimum Gasteiger partial charge on any atom is -0.330 e. The number of likely N-dealkylation sites (tertiary alicyclic amines) is 1. The van der Waals surface area contributed by atoms with Gasteiger partial charge in [-0.1, -0.05) is 0 Å². The molecule has 1 aliphatic rings. The van der Waals surface area contributed by atoms with Crippen LogP contribution in [0.15, 0.2) is 10.9 Å². The molecule has 0 spiro atoms. The molecule has 2 unspecified atom stereocenters. The zero-order valence-electron chi connectivity index (χ0n) is 10.3. The molecule has 0 radical (unpaired) electrons. The standard InChI is InChI=1S/C12H19N3OS/c1-8(2)15-11(16)5-3-4-9(13)12(15)10-6-17-7-14-10/h6-9,12H,3-5,13H2,1-2H3. The lowest BCUT2D eigenvalue weighted by Gasteiger charge is -2.35. The zero-order valence-corrected chi connectivity index (χ0v) is 11.1. The largest absolute Gasteiger partial charge is 0.330 e. The van der Waals surface area contributed by atoms with Crippen LogP contribution in [0.4, 0.5) is 0 Å². The van der Waals surface area contributed by atoms with Crippen LogP contribution in [-0.2, 0) is 4.79 Å². The summed E-state index contributed by atoms with van der Waals surface area (Å²) >= 11 is 1.55. The third kappa shape index (κ3) is 2.50. The first-order valence-electron chi connectivity index (χ1n) is 6.06. The SMILES string of the molecule is CC(C)N1C(=O)CCCC(N)C1c1cscn1. The molecule has 1 amide bonds. The van der Waals surface area contributed by atoms with Crippen molar-refractivity contribution in [3.05, 3.63) is 16.6 Å². The van der Waals surface area contributed by atoms with E-state index in [1.165, 1.54) is 0 Å².